The van der Waals surface area contributed by atoms with E-state index in [2.05, 4.69) is 20.3 Å². The van der Waals surface area contributed by atoms with E-state index >= 15 is 0 Å². The molecule has 1 atom stereocenters. The zero-order valence-corrected chi connectivity index (χ0v) is 12.6. The SMILES string of the molecule is CCc1noc(CS(=O)(=O)[C@@H](C)c2nc(C3CC3)no2)n1. The van der Waals surface area contributed by atoms with Crippen LogP contribution in [-0.2, 0) is 22.0 Å². The van der Waals surface area contributed by atoms with Gasteiger partial charge < -0.3 is 9.05 Å². The molecule has 0 amide bonds. The maximum absolute atomic E-state index is 12.3. The molecule has 0 bridgehead atoms. The molecule has 1 aliphatic rings. The first-order chi connectivity index (χ1) is 9.99. The number of aromatic nitrogens is 4. The van der Waals surface area contributed by atoms with Gasteiger partial charge in [-0.25, -0.2) is 8.42 Å². The highest BCUT2D eigenvalue weighted by Gasteiger charge is 2.33. The molecule has 2 aromatic heterocycles. The third kappa shape index (κ3) is 2.97. The first kappa shape index (κ1) is 14.2. The minimum absolute atomic E-state index is 0.0839. The molecule has 0 aromatic carbocycles. The van der Waals surface area contributed by atoms with Gasteiger partial charge in [-0.05, 0) is 19.8 Å². The van der Waals surface area contributed by atoms with Gasteiger partial charge in [0.2, 0.25) is 11.8 Å². The number of hydrogen-bond donors (Lipinski definition) is 0. The van der Waals surface area contributed by atoms with E-state index in [0.717, 1.165) is 12.8 Å². The van der Waals surface area contributed by atoms with Gasteiger partial charge in [0.15, 0.2) is 21.5 Å². The summed E-state index contributed by atoms with van der Waals surface area (Å²) >= 11 is 0. The normalized spacial score (nSPS) is 17.0. The summed E-state index contributed by atoms with van der Waals surface area (Å²) in [4.78, 5) is 8.19. The molecule has 0 spiro atoms. The standard InChI is InChI=1S/C12H16N4O4S/c1-3-9-13-10(19-15-9)6-21(17,18)7(2)12-14-11(16-20-12)8-4-5-8/h7-8H,3-6H2,1-2H3/t7-/m0/s1. The molecule has 0 unspecified atom stereocenters. The first-order valence-corrected chi connectivity index (χ1v) is 8.57. The van der Waals surface area contributed by atoms with E-state index in [9.17, 15) is 8.42 Å². The van der Waals surface area contributed by atoms with E-state index < -0.39 is 15.1 Å². The Hall–Kier alpha value is -1.77. The van der Waals surface area contributed by atoms with Crippen LogP contribution in [0.25, 0.3) is 0 Å². The summed E-state index contributed by atoms with van der Waals surface area (Å²) in [6, 6.07) is 0. The maximum Gasteiger partial charge on any atom is 0.244 e. The van der Waals surface area contributed by atoms with Crippen molar-refractivity contribution < 1.29 is 17.5 Å². The lowest BCUT2D eigenvalue weighted by Gasteiger charge is -2.05. The number of aryl methyl sites for hydroxylation is 1. The van der Waals surface area contributed by atoms with Crippen molar-refractivity contribution in [3.63, 3.8) is 0 Å². The van der Waals surface area contributed by atoms with Gasteiger partial charge in [0.25, 0.3) is 0 Å². The highest BCUT2D eigenvalue weighted by atomic mass is 32.2. The van der Waals surface area contributed by atoms with Crippen molar-refractivity contribution in [1.82, 2.24) is 20.3 Å². The molecular formula is C12H16N4O4S. The van der Waals surface area contributed by atoms with Gasteiger partial charge in [0, 0.05) is 12.3 Å². The summed E-state index contributed by atoms with van der Waals surface area (Å²) in [6.07, 6.45) is 2.65. The summed E-state index contributed by atoms with van der Waals surface area (Å²) in [5, 5.41) is 6.63. The van der Waals surface area contributed by atoms with Gasteiger partial charge in [-0.15, -0.1) is 0 Å². The Morgan fingerprint density at radius 1 is 1.24 bits per heavy atom. The average Bonchev–Trinajstić information content (AvgIpc) is 3.01. The van der Waals surface area contributed by atoms with Crippen LogP contribution < -0.4 is 0 Å². The fourth-order valence-electron chi connectivity index (χ4n) is 1.86. The van der Waals surface area contributed by atoms with E-state index in [1.54, 1.807) is 0 Å². The van der Waals surface area contributed by atoms with E-state index in [4.69, 9.17) is 9.05 Å². The minimum Gasteiger partial charge on any atom is -0.338 e. The second-order valence-electron chi connectivity index (χ2n) is 5.17. The molecule has 0 radical (unpaired) electrons. The highest BCUT2D eigenvalue weighted by Crippen LogP contribution is 2.38. The molecule has 3 rings (SSSR count). The van der Waals surface area contributed by atoms with Crippen LogP contribution >= 0.6 is 0 Å². The van der Waals surface area contributed by atoms with Crippen molar-refractivity contribution >= 4 is 9.84 Å². The molecule has 21 heavy (non-hydrogen) atoms. The predicted molar refractivity (Wildman–Crippen MR) is 71.0 cm³/mol. The fraction of sp³-hybridized carbons (Fsp3) is 0.667. The van der Waals surface area contributed by atoms with Crippen LogP contribution in [-0.4, -0.2) is 28.7 Å². The number of hydrogen-bond acceptors (Lipinski definition) is 8. The highest BCUT2D eigenvalue weighted by molar-refractivity contribution is 7.90. The second-order valence-corrected chi connectivity index (χ2v) is 7.49. The van der Waals surface area contributed by atoms with Crippen LogP contribution in [0.2, 0.25) is 0 Å². The zero-order chi connectivity index (χ0) is 15.0. The quantitative estimate of drug-likeness (QED) is 0.790. The van der Waals surface area contributed by atoms with Gasteiger partial charge in [0.05, 0.1) is 0 Å². The summed E-state index contributed by atoms with van der Waals surface area (Å²) in [6.45, 7) is 3.39. The molecule has 1 fully saturated rings. The Kier molecular flexibility index (Phi) is 3.52. The lowest BCUT2D eigenvalue weighted by molar-refractivity contribution is 0.368. The lowest BCUT2D eigenvalue weighted by atomic mass is 10.4. The third-order valence-corrected chi connectivity index (χ3v) is 5.37. The number of nitrogens with zero attached hydrogens (tertiary/aromatic N) is 4. The molecule has 8 nitrogen and oxygen atoms in total. The van der Waals surface area contributed by atoms with E-state index in [1.165, 1.54) is 6.92 Å². The summed E-state index contributed by atoms with van der Waals surface area (Å²) in [7, 11) is -3.55. The van der Waals surface area contributed by atoms with Gasteiger partial charge in [-0.3, -0.25) is 0 Å². The monoisotopic (exact) mass is 312 g/mol. The predicted octanol–water partition coefficient (Wildman–Crippen LogP) is 1.57. The number of rotatable bonds is 6. The lowest BCUT2D eigenvalue weighted by Crippen LogP contribution is -2.13. The van der Waals surface area contributed by atoms with Crippen molar-refractivity contribution in [3.8, 4) is 0 Å². The Morgan fingerprint density at radius 2 is 2.00 bits per heavy atom. The zero-order valence-electron chi connectivity index (χ0n) is 11.8. The smallest absolute Gasteiger partial charge is 0.244 e. The summed E-state index contributed by atoms with van der Waals surface area (Å²) in [5.41, 5.74) is 0. The molecule has 114 valence electrons. The molecule has 9 heteroatoms. The molecule has 0 N–H and O–H groups in total. The van der Waals surface area contributed by atoms with Crippen LogP contribution in [0, 0.1) is 0 Å². The maximum atomic E-state index is 12.3. The Balaban J connectivity index is 1.75. The van der Waals surface area contributed by atoms with Crippen LogP contribution in [0.1, 0.15) is 61.3 Å². The molecule has 0 aliphatic heterocycles. The van der Waals surface area contributed by atoms with E-state index in [-0.39, 0.29) is 17.5 Å². The van der Waals surface area contributed by atoms with E-state index in [1.807, 2.05) is 6.92 Å². The first-order valence-electron chi connectivity index (χ1n) is 6.86. The second kappa shape index (κ2) is 5.21. The van der Waals surface area contributed by atoms with Crippen LogP contribution in [0.4, 0.5) is 0 Å². The van der Waals surface area contributed by atoms with Crippen molar-refractivity contribution in [2.75, 3.05) is 0 Å². The largest absolute Gasteiger partial charge is 0.338 e. The van der Waals surface area contributed by atoms with Crippen molar-refractivity contribution in [3.05, 3.63) is 23.4 Å². The molecule has 2 heterocycles. The molecule has 1 aliphatic carbocycles. The molecule has 1 saturated carbocycles. The molecule has 2 aromatic rings. The third-order valence-electron chi connectivity index (χ3n) is 3.44. The summed E-state index contributed by atoms with van der Waals surface area (Å²) < 4.78 is 34.7. The Morgan fingerprint density at radius 3 is 2.62 bits per heavy atom. The van der Waals surface area contributed by atoms with Gasteiger partial charge in [0.1, 0.15) is 11.0 Å². The van der Waals surface area contributed by atoms with Crippen LogP contribution in [0.15, 0.2) is 9.05 Å². The van der Waals surface area contributed by atoms with Crippen molar-refractivity contribution in [2.45, 2.75) is 50.0 Å². The van der Waals surface area contributed by atoms with E-state index in [0.29, 0.717) is 24.0 Å². The molecule has 0 saturated heterocycles. The van der Waals surface area contributed by atoms with Crippen LogP contribution in [0.3, 0.4) is 0 Å². The van der Waals surface area contributed by atoms with Crippen molar-refractivity contribution in [2.24, 2.45) is 0 Å². The Labute approximate surface area is 121 Å². The van der Waals surface area contributed by atoms with Gasteiger partial charge in [-0.2, -0.15) is 9.97 Å². The fourth-order valence-corrected chi connectivity index (χ4v) is 2.98. The minimum atomic E-state index is -3.55. The van der Waals surface area contributed by atoms with Gasteiger partial charge in [-0.1, -0.05) is 17.2 Å². The van der Waals surface area contributed by atoms with Crippen LogP contribution in [0.5, 0.6) is 0 Å². The van der Waals surface area contributed by atoms with Gasteiger partial charge >= 0.3 is 0 Å². The average molecular weight is 312 g/mol. The topological polar surface area (TPSA) is 112 Å². The molecular weight excluding hydrogens is 296 g/mol. The summed E-state index contributed by atoms with van der Waals surface area (Å²) in [5.74, 6) is 1.27. The number of sulfone groups is 1. The van der Waals surface area contributed by atoms with Crippen molar-refractivity contribution in [1.29, 1.82) is 0 Å². The Bertz CT molecular complexity index is 732.